The standard InChI is InChI=1S/C14H13BrN4O/c15-12-7-18-13(8-17-12)19-14(20)11-3-1-2-9-6-16-5-4-10(9)11/h1-3,7-8,16H,4-6H2,(H,18,19,20). The molecule has 2 N–H and O–H groups in total. The summed E-state index contributed by atoms with van der Waals surface area (Å²) in [6, 6.07) is 5.82. The zero-order chi connectivity index (χ0) is 13.9. The van der Waals surface area contributed by atoms with Crippen LogP contribution >= 0.6 is 15.9 Å². The first kappa shape index (κ1) is 13.2. The number of nitrogens with one attached hydrogen (secondary N) is 2. The maximum atomic E-state index is 12.4. The predicted molar refractivity (Wildman–Crippen MR) is 79.5 cm³/mol. The van der Waals surface area contributed by atoms with Gasteiger partial charge in [0, 0.05) is 12.1 Å². The van der Waals surface area contributed by atoms with Gasteiger partial charge in [-0.15, -0.1) is 0 Å². The van der Waals surface area contributed by atoms with Crippen molar-refractivity contribution in [2.45, 2.75) is 13.0 Å². The topological polar surface area (TPSA) is 66.9 Å². The van der Waals surface area contributed by atoms with Gasteiger partial charge in [-0.05, 0) is 46.1 Å². The second-order valence-electron chi connectivity index (χ2n) is 4.55. The molecule has 1 aliphatic heterocycles. The van der Waals surface area contributed by atoms with E-state index in [9.17, 15) is 4.79 Å². The van der Waals surface area contributed by atoms with Crippen LogP contribution in [0.5, 0.6) is 0 Å². The third-order valence-corrected chi connectivity index (χ3v) is 3.66. The van der Waals surface area contributed by atoms with Crippen LogP contribution < -0.4 is 10.6 Å². The minimum Gasteiger partial charge on any atom is -0.312 e. The van der Waals surface area contributed by atoms with Crippen LogP contribution in [-0.4, -0.2) is 22.4 Å². The van der Waals surface area contributed by atoms with Crippen molar-refractivity contribution < 1.29 is 4.79 Å². The van der Waals surface area contributed by atoms with E-state index in [-0.39, 0.29) is 5.91 Å². The SMILES string of the molecule is O=C(Nc1cnc(Br)cn1)c1cccc2c1CCNC2. The third kappa shape index (κ3) is 2.71. The average molecular weight is 333 g/mol. The lowest BCUT2D eigenvalue weighted by molar-refractivity contribution is 0.102. The van der Waals surface area contributed by atoms with Crippen LogP contribution in [0.25, 0.3) is 0 Å². The smallest absolute Gasteiger partial charge is 0.257 e. The number of hydrogen-bond acceptors (Lipinski definition) is 4. The second-order valence-corrected chi connectivity index (χ2v) is 5.36. The summed E-state index contributed by atoms with van der Waals surface area (Å²) in [6.45, 7) is 1.71. The monoisotopic (exact) mass is 332 g/mol. The van der Waals surface area contributed by atoms with E-state index in [0.717, 1.165) is 25.1 Å². The number of amides is 1. The normalized spacial score (nSPS) is 13.7. The van der Waals surface area contributed by atoms with Gasteiger partial charge in [-0.1, -0.05) is 12.1 Å². The summed E-state index contributed by atoms with van der Waals surface area (Å²) in [5, 5.41) is 6.09. The number of nitrogens with zero attached hydrogens (tertiary/aromatic N) is 2. The highest BCUT2D eigenvalue weighted by atomic mass is 79.9. The Bertz CT molecular complexity index is 642. The molecule has 0 saturated heterocycles. The van der Waals surface area contributed by atoms with Crippen molar-refractivity contribution in [1.82, 2.24) is 15.3 Å². The Morgan fingerprint density at radius 3 is 3.00 bits per heavy atom. The quantitative estimate of drug-likeness (QED) is 0.884. The lowest BCUT2D eigenvalue weighted by atomic mass is 9.95. The highest BCUT2D eigenvalue weighted by molar-refractivity contribution is 9.10. The van der Waals surface area contributed by atoms with E-state index in [1.165, 1.54) is 11.8 Å². The van der Waals surface area contributed by atoms with E-state index < -0.39 is 0 Å². The molecular formula is C14H13BrN4O. The fourth-order valence-corrected chi connectivity index (χ4v) is 2.51. The fraction of sp³-hybridized carbons (Fsp3) is 0.214. The number of halogens is 1. The fourth-order valence-electron chi connectivity index (χ4n) is 2.31. The number of fused-ring (bicyclic) bond motifs is 1. The van der Waals surface area contributed by atoms with E-state index in [1.54, 1.807) is 6.20 Å². The number of benzene rings is 1. The molecule has 1 aromatic carbocycles. The number of rotatable bonds is 2. The van der Waals surface area contributed by atoms with Gasteiger partial charge < -0.3 is 10.6 Å². The lowest BCUT2D eigenvalue weighted by Gasteiger charge is -2.19. The molecule has 0 unspecified atom stereocenters. The Kier molecular flexibility index (Phi) is 3.75. The maximum absolute atomic E-state index is 12.4. The molecule has 20 heavy (non-hydrogen) atoms. The van der Waals surface area contributed by atoms with Gasteiger partial charge in [0.1, 0.15) is 4.60 Å². The van der Waals surface area contributed by atoms with Crippen molar-refractivity contribution in [3.05, 3.63) is 51.9 Å². The molecule has 0 saturated carbocycles. The van der Waals surface area contributed by atoms with Gasteiger partial charge in [0.15, 0.2) is 5.82 Å². The number of anilines is 1. The highest BCUT2D eigenvalue weighted by Crippen LogP contribution is 2.19. The molecule has 0 spiro atoms. The van der Waals surface area contributed by atoms with Crippen LogP contribution in [0.4, 0.5) is 5.82 Å². The van der Waals surface area contributed by atoms with Gasteiger partial charge in [-0.25, -0.2) is 9.97 Å². The van der Waals surface area contributed by atoms with Gasteiger partial charge in [0.25, 0.3) is 5.91 Å². The molecule has 102 valence electrons. The Balaban J connectivity index is 1.85. The summed E-state index contributed by atoms with van der Waals surface area (Å²) in [4.78, 5) is 20.5. The molecule has 2 heterocycles. The van der Waals surface area contributed by atoms with Gasteiger partial charge in [0.2, 0.25) is 0 Å². The molecule has 0 aliphatic carbocycles. The van der Waals surface area contributed by atoms with E-state index >= 15 is 0 Å². The van der Waals surface area contributed by atoms with Crippen LogP contribution in [0.1, 0.15) is 21.5 Å². The van der Waals surface area contributed by atoms with E-state index in [2.05, 4.69) is 42.6 Å². The summed E-state index contributed by atoms with van der Waals surface area (Å²) < 4.78 is 0.638. The van der Waals surface area contributed by atoms with Crippen molar-refractivity contribution in [3.63, 3.8) is 0 Å². The van der Waals surface area contributed by atoms with E-state index in [1.807, 2.05) is 12.1 Å². The molecule has 0 bridgehead atoms. The molecular weight excluding hydrogens is 320 g/mol. The summed E-state index contributed by atoms with van der Waals surface area (Å²) in [5.74, 6) is 0.310. The Labute approximate surface area is 125 Å². The van der Waals surface area contributed by atoms with E-state index in [4.69, 9.17) is 0 Å². The first-order chi connectivity index (χ1) is 9.74. The number of aromatic nitrogens is 2. The average Bonchev–Trinajstić information content (AvgIpc) is 2.49. The number of carbonyl (C=O) groups excluding carboxylic acids is 1. The largest absolute Gasteiger partial charge is 0.312 e. The Morgan fingerprint density at radius 2 is 2.20 bits per heavy atom. The number of carbonyl (C=O) groups is 1. The second kappa shape index (κ2) is 5.68. The summed E-state index contributed by atoms with van der Waals surface area (Å²) in [7, 11) is 0. The minimum absolute atomic E-state index is 0.139. The predicted octanol–water partition coefficient (Wildman–Crippen LogP) is 2.14. The van der Waals surface area contributed by atoms with Crippen LogP contribution in [0.3, 0.4) is 0 Å². The molecule has 2 aromatic rings. The molecule has 0 radical (unpaired) electrons. The van der Waals surface area contributed by atoms with Gasteiger partial charge in [0.05, 0.1) is 12.4 Å². The maximum Gasteiger partial charge on any atom is 0.257 e. The molecule has 1 aromatic heterocycles. The van der Waals surface area contributed by atoms with Crippen molar-refractivity contribution in [1.29, 1.82) is 0 Å². The van der Waals surface area contributed by atoms with Crippen molar-refractivity contribution >= 4 is 27.7 Å². The highest BCUT2D eigenvalue weighted by Gasteiger charge is 2.17. The Hall–Kier alpha value is -1.79. The number of hydrogen-bond donors (Lipinski definition) is 2. The molecule has 1 amide bonds. The zero-order valence-electron chi connectivity index (χ0n) is 10.7. The first-order valence-corrected chi connectivity index (χ1v) is 7.14. The van der Waals surface area contributed by atoms with Crippen molar-refractivity contribution in [2.24, 2.45) is 0 Å². The summed E-state index contributed by atoms with van der Waals surface area (Å²) >= 11 is 3.21. The summed E-state index contributed by atoms with van der Waals surface area (Å²) in [5.41, 5.74) is 3.02. The molecule has 6 heteroatoms. The van der Waals surface area contributed by atoms with Gasteiger partial charge in [-0.2, -0.15) is 0 Å². The minimum atomic E-state index is -0.139. The van der Waals surface area contributed by atoms with Crippen molar-refractivity contribution in [3.8, 4) is 0 Å². The lowest BCUT2D eigenvalue weighted by Crippen LogP contribution is -2.26. The van der Waals surface area contributed by atoms with Crippen LogP contribution in [-0.2, 0) is 13.0 Å². The zero-order valence-corrected chi connectivity index (χ0v) is 12.3. The van der Waals surface area contributed by atoms with Crippen LogP contribution in [0, 0.1) is 0 Å². The van der Waals surface area contributed by atoms with E-state index in [0.29, 0.717) is 16.0 Å². The molecule has 1 aliphatic rings. The third-order valence-electron chi connectivity index (χ3n) is 3.25. The molecule has 0 fully saturated rings. The molecule has 3 rings (SSSR count). The molecule has 0 atom stereocenters. The van der Waals surface area contributed by atoms with Crippen molar-refractivity contribution in [2.75, 3.05) is 11.9 Å². The molecule has 5 nitrogen and oxygen atoms in total. The van der Waals surface area contributed by atoms with Gasteiger partial charge >= 0.3 is 0 Å². The van der Waals surface area contributed by atoms with Gasteiger partial charge in [-0.3, -0.25) is 4.79 Å². The summed E-state index contributed by atoms with van der Waals surface area (Å²) in [6.07, 6.45) is 3.95. The van der Waals surface area contributed by atoms with Crippen LogP contribution in [0.2, 0.25) is 0 Å². The Morgan fingerprint density at radius 1 is 1.30 bits per heavy atom. The first-order valence-electron chi connectivity index (χ1n) is 6.34. The van der Waals surface area contributed by atoms with Crippen LogP contribution in [0.15, 0.2) is 35.2 Å².